The van der Waals surface area contributed by atoms with Crippen LogP contribution in [0.4, 0.5) is 5.82 Å². The van der Waals surface area contributed by atoms with Gasteiger partial charge in [0.15, 0.2) is 5.82 Å². The lowest BCUT2D eigenvalue weighted by Crippen LogP contribution is -1.97. The van der Waals surface area contributed by atoms with Crippen LogP contribution < -0.4 is 5.43 Å². The number of aromatic hydroxyl groups is 1. The summed E-state index contributed by atoms with van der Waals surface area (Å²) >= 11 is 5.87. The van der Waals surface area contributed by atoms with E-state index in [4.69, 9.17) is 11.6 Å². The normalized spacial score (nSPS) is 11.2. The van der Waals surface area contributed by atoms with Gasteiger partial charge in [-0.15, -0.1) is 0 Å². The smallest absolute Gasteiger partial charge is 0.151 e. The van der Waals surface area contributed by atoms with Gasteiger partial charge in [-0.2, -0.15) is 5.10 Å². The summed E-state index contributed by atoms with van der Waals surface area (Å²) in [5.74, 6) is 1.22. The fourth-order valence-corrected chi connectivity index (χ4v) is 2.40. The second-order valence-electron chi connectivity index (χ2n) is 4.71. The Labute approximate surface area is 132 Å². The Morgan fingerprint density at radius 2 is 2.00 bits per heavy atom. The molecule has 0 saturated heterocycles. The number of benzene rings is 2. The molecule has 3 rings (SSSR count). The summed E-state index contributed by atoms with van der Waals surface area (Å²) in [5, 5.41) is 16.4. The molecule has 0 saturated carbocycles. The van der Waals surface area contributed by atoms with Gasteiger partial charge in [-0.3, -0.25) is 5.43 Å². The van der Waals surface area contributed by atoms with Gasteiger partial charge in [0.2, 0.25) is 0 Å². The number of halogens is 1. The number of phenols is 1. The second-order valence-corrected chi connectivity index (χ2v) is 5.10. The minimum atomic E-state index is 0.168. The van der Waals surface area contributed by atoms with Gasteiger partial charge < -0.3 is 5.11 Å². The molecular formula is C16H13ClN4O. The van der Waals surface area contributed by atoms with Crippen molar-refractivity contribution in [3.63, 3.8) is 0 Å². The molecular weight excluding hydrogens is 300 g/mol. The lowest BCUT2D eigenvalue weighted by molar-refractivity contribution is 0.475. The van der Waals surface area contributed by atoms with Crippen molar-refractivity contribution in [1.29, 1.82) is 0 Å². The standard InChI is InChI=1S/C16H13ClN4O/c1-10-19-15(17)8-16(20-10)21-18-9-13-12-5-3-2-4-11(12)6-7-14(13)22/h2-9,22H,1H3,(H,19,20,21). The van der Waals surface area contributed by atoms with E-state index in [1.807, 2.05) is 30.3 Å². The minimum Gasteiger partial charge on any atom is -0.507 e. The maximum Gasteiger partial charge on any atom is 0.151 e. The first-order valence-corrected chi connectivity index (χ1v) is 7.02. The van der Waals surface area contributed by atoms with Crippen LogP contribution in [0.1, 0.15) is 11.4 Å². The van der Waals surface area contributed by atoms with E-state index in [-0.39, 0.29) is 5.75 Å². The Bertz CT molecular complexity index is 844. The molecule has 0 fully saturated rings. The van der Waals surface area contributed by atoms with E-state index in [1.165, 1.54) is 0 Å². The Kier molecular flexibility index (Phi) is 3.89. The third kappa shape index (κ3) is 2.99. The lowest BCUT2D eigenvalue weighted by Gasteiger charge is -2.05. The number of aromatic nitrogens is 2. The molecule has 1 heterocycles. The highest BCUT2D eigenvalue weighted by atomic mass is 35.5. The number of nitrogens with one attached hydrogen (secondary N) is 1. The van der Waals surface area contributed by atoms with Crippen LogP contribution in [0.25, 0.3) is 10.8 Å². The van der Waals surface area contributed by atoms with Crippen LogP contribution in [0.3, 0.4) is 0 Å². The monoisotopic (exact) mass is 312 g/mol. The molecule has 0 unspecified atom stereocenters. The lowest BCUT2D eigenvalue weighted by atomic mass is 10.0. The summed E-state index contributed by atoms with van der Waals surface area (Å²) < 4.78 is 0. The summed E-state index contributed by atoms with van der Waals surface area (Å²) in [6, 6.07) is 12.9. The van der Waals surface area contributed by atoms with Gasteiger partial charge in [0.05, 0.1) is 6.21 Å². The maximum atomic E-state index is 10.0. The Balaban J connectivity index is 1.91. The molecule has 0 aliphatic heterocycles. The van der Waals surface area contributed by atoms with Crippen molar-refractivity contribution in [2.45, 2.75) is 6.92 Å². The minimum absolute atomic E-state index is 0.168. The Hall–Kier alpha value is -2.66. The average molecular weight is 313 g/mol. The molecule has 0 radical (unpaired) electrons. The molecule has 0 spiro atoms. The molecule has 0 aliphatic carbocycles. The predicted molar refractivity (Wildman–Crippen MR) is 88.6 cm³/mol. The van der Waals surface area contributed by atoms with Crippen LogP contribution >= 0.6 is 11.6 Å². The summed E-state index contributed by atoms with van der Waals surface area (Å²) in [5.41, 5.74) is 3.43. The van der Waals surface area contributed by atoms with Crippen LogP contribution in [0, 0.1) is 6.92 Å². The van der Waals surface area contributed by atoms with E-state index in [2.05, 4.69) is 20.5 Å². The molecule has 0 amide bonds. The zero-order chi connectivity index (χ0) is 15.5. The average Bonchev–Trinajstić information content (AvgIpc) is 2.48. The molecule has 0 bridgehead atoms. The van der Waals surface area contributed by atoms with E-state index in [1.54, 1.807) is 25.3 Å². The number of nitrogens with zero attached hydrogens (tertiary/aromatic N) is 3. The molecule has 0 aliphatic rings. The summed E-state index contributed by atoms with van der Waals surface area (Å²) in [6.07, 6.45) is 1.56. The zero-order valence-corrected chi connectivity index (χ0v) is 12.5. The third-order valence-corrected chi connectivity index (χ3v) is 3.32. The Morgan fingerprint density at radius 3 is 2.82 bits per heavy atom. The fourth-order valence-electron chi connectivity index (χ4n) is 2.17. The number of hydrogen-bond acceptors (Lipinski definition) is 5. The largest absolute Gasteiger partial charge is 0.507 e. The van der Waals surface area contributed by atoms with Crippen molar-refractivity contribution < 1.29 is 5.11 Å². The van der Waals surface area contributed by atoms with E-state index < -0.39 is 0 Å². The molecule has 110 valence electrons. The first-order valence-electron chi connectivity index (χ1n) is 6.64. The fraction of sp³-hybridized carbons (Fsp3) is 0.0625. The van der Waals surface area contributed by atoms with Crippen LogP contribution in [0.2, 0.25) is 5.15 Å². The van der Waals surface area contributed by atoms with Gasteiger partial charge in [-0.1, -0.05) is 41.9 Å². The van der Waals surface area contributed by atoms with Gasteiger partial charge in [-0.25, -0.2) is 9.97 Å². The first-order chi connectivity index (χ1) is 10.6. The molecule has 3 aromatic rings. The van der Waals surface area contributed by atoms with Crippen LogP contribution in [-0.2, 0) is 0 Å². The van der Waals surface area contributed by atoms with Crippen molar-refractivity contribution in [3.05, 3.63) is 59.0 Å². The number of phenolic OH excluding ortho intramolecular Hbond substituents is 1. The molecule has 22 heavy (non-hydrogen) atoms. The number of hydrogen-bond donors (Lipinski definition) is 2. The van der Waals surface area contributed by atoms with Gasteiger partial charge in [0.1, 0.15) is 16.7 Å². The van der Waals surface area contributed by atoms with Gasteiger partial charge in [0, 0.05) is 11.6 Å². The van der Waals surface area contributed by atoms with E-state index in [0.717, 1.165) is 10.8 Å². The van der Waals surface area contributed by atoms with Gasteiger partial charge in [-0.05, 0) is 23.8 Å². The van der Waals surface area contributed by atoms with Crippen molar-refractivity contribution in [2.24, 2.45) is 5.10 Å². The van der Waals surface area contributed by atoms with E-state index in [0.29, 0.717) is 22.4 Å². The first kappa shape index (κ1) is 14.3. The number of aryl methyl sites for hydroxylation is 1. The number of anilines is 1. The van der Waals surface area contributed by atoms with Gasteiger partial charge in [0.25, 0.3) is 0 Å². The highest BCUT2D eigenvalue weighted by Crippen LogP contribution is 2.25. The number of hydrazone groups is 1. The summed E-state index contributed by atoms with van der Waals surface area (Å²) in [7, 11) is 0. The molecule has 1 aromatic heterocycles. The quantitative estimate of drug-likeness (QED) is 0.439. The predicted octanol–water partition coefficient (Wildman–Crippen LogP) is 3.74. The maximum absolute atomic E-state index is 10.0. The second kappa shape index (κ2) is 5.99. The molecule has 6 heteroatoms. The van der Waals surface area contributed by atoms with Crippen LogP contribution in [-0.4, -0.2) is 21.3 Å². The summed E-state index contributed by atoms with van der Waals surface area (Å²) in [4.78, 5) is 8.15. The van der Waals surface area contributed by atoms with Crippen molar-refractivity contribution in [2.75, 3.05) is 5.43 Å². The third-order valence-electron chi connectivity index (χ3n) is 3.13. The topological polar surface area (TPSA) is 70.4 Å². The van der Waals surface area contributed by atoms with Gasteiger partial charge >= 0.3 is 0 Å². The zero-order valence-electron chi connectivity index (χ0n) is 11.8. The van der Waals surface area contributed by atoms with Crippen molar-refractivity contribution >= 4 is 34.4 Å². The molecule has 2 aromatic carbocycles. The SMILES string of the molecule is Cc1nc(Cl)cc(NN=Cc2c(O)ccc3ccccc23)n1. The van der Waals surface area contributed by atoms with Crippen LogP contribution in [0.5, 0.6) is 5.75 Å². The molecule has 5 nitrogen and oxygen atoms in total. The highest BCUT2D eigenvalue weighted by Gasteiger charge is 2.04. The summed E-state index contributed by atoms with van der Waals surface area (Å²) in [6.45, 7) is 1.75. The van der Waals surface area contributed by atoms with Crippen molar-refractivity contribution in [3.8, 4) is 5.75 Å². The van der Waals surface area contributed by atoms with Crippen LogP contribution in [0.15, 0.2) is 47.6 Å². The van der Waals surface area contributed by atoms with E-state index >= 15 is 0 Å². The highest BCUT2D eigenvalue weighted by molar-refractivity contribution is 6.29. The van der Waals surface area contributed by atoms with E-state index in [9.17, 15) is 5.11 Å². The molecule has 0 atom stereocenters. The number of rotatable bonds is 3. The Morgan fingerprint density at radius 1 is 1.18 bits per heavy atom. The van der Waals surface area contributed by atoms with Crippen molar-refractivity contribution in [1.82, 2.24) is 9.97 Å². The molecule has 2 N–H and O–H groups in total. The number of fused-ring (bicyclic) bond motifs is 1.